The molecule has 0 atom stereocenters. The molecule has 0 aliphatic carbocycles. The van der Waals surface area contributed by atoms with Crippen LogP contribution >= 0.6 is 23.5 Å². The van der Waals surface area contributed by atoms with E-state index in [1.807, 2.05) is 38.1 Å². The second kappa shape index (κ2) is 6.83. The summed E-state index contributed by atoms with van der Waals surface area (Å²) in [6, 6.07) is 13.0. The number of para-hydroxylation sites is 2. The van der Waals surface area contributed by atoms with Crippen molar-refractivity contribution in [2.24, 2.45) is 10.2 Å². The summed E-state index contributed by atoms with van der Waals surface area (Å²) >= 11 is 7.36. The molecule has 0 bridgehead atoms. The molecule has 0 spiro atoms. The number of thioether (sulfide) groups is 1. The van der Waals surface area contributed by atoms with Crippen LogP contribution in [0.25, 0.3) is 0 Å². The first-order valence-corrected chi connectivity index (χ1v) is 9.58. The van der Waals surface area contributed by atoms with E-state index in [9.17, 15) is 9.59 Å². The monoisotopic (exact) mass is 398 g/mol. The van der Waals surface area contributed by atoms with Crippen molar-refractivity contribution in [1.82, 2.24) is 0 Å². The van der Waals surface area contributed by atoms with Crippen molar-refractivity contribution >= 4 is 57.6 Å². The van der Waals surface area contributed by atoms with Gasteiger partial charge in [-0.15, -0.1) is 10.2 Å². The number of hydrogen-bond donors (Lipinski definition) is 0. The van der Waals surface area contributed by atoms with Gasteiger partial charge in [-0.25, -0.2) is 4.42 Å². The highest BCUT2D eigenvalue weighted by Crippen LogP contribution is 2.33. The summed E-state index contributed by atoms with van der Waals surface area (Å²) < 4.78 is 1.03. The van der Waals surface area contributed by atoms with Crippen LogP contribution in [0.2, 0.25) is 0 Å². The zero-order valence-corrected chi connectivity index (χ0v) is 16.2. The van der Waals surface area contributed by atoms with Crippen molar-refractivity contribution in [1.29, 1.82) is 0 Å². The van der Waals surface area contributed by atoms with Crippen LogP contribution in [0, 0.1) is 13.8 Å². The first kappa shape index (κ1) is 17.8. The van der Waals surface area contributed by atoms with E-state index in [0.29, 0.717) is 16.4 Å². The Hall–Kier alpha value is -2.64. The number of amides is 2. The molecule has 1 saturated heterocycles. The summed E-state index contributed by atoms with van der Waals surface area (Å²) in [5.74, 6) is -0.215. The van der Waals surface area contributed by atoms with E-state index < -0.39 is 5.91 Å². The van der Waals surface area contributed by atoms with Gasteiger partial charge in [-0.2, -0.15) is 0 Å². The Bertz CT molecular complexity index is 1010. The molecule has 0 N–H and O–H groups in total. The number of fused-ring (bicyclic) bond motifs is 1. The van der Waals surface area contributed by atoms with Crippen LogP contribution in [0.4, 0.5) is 11.4 Å². The van der Waals surface area contributed by atoms with Gasteiger partial charge in [-0.1, -0.05) is 48.2 Å². The van der Waals surface area contributed by atoms with Gasteiger partial charge in [-0.05, 0) is 31.0 Å². The second-order valence-corrected chi connectivity index (χ2v) is 7.47. The number of hydrogen-bond acceptors (Lipinski definition) is 5. The number of nitrogens with zero attached hydrogens (tertiary/aromatic N) is 4. The van der Waals surface area contributed by atoms with Gasteiger partial charge in [0.15, 0.2) is 10.9 Å². The molecule has 27 heavy (non-hydrogen) atoms. The van der Waals surface area contributed by atoms with E-state index in [1.165, 1.54) is 11.8 Å². The van der Waals surface area contributed by atoms with Gasteiger partial charge in [0.2, 0.25) is 5.91 Å². The Kier molecular flexibility index (Phi) is 4.49. The third kappa shape index (κ3) is 2.93. The molecule has 6 nitrogen and oxygen atoms in total. The van der Waals surface area contributed by atoms with Crippen molar-refractivity contribution in [3.8, 4) is 0 Å². The maximum atomic E-state index is 12.5. The zero-order chi connectivity index (χ0) is 19.1. The molecule has 2 heterocycles. The number of rotatable bonds is 2. The lowest BCUT2D eigenvalue weighted by Gasteiger charge is -2.20. The first-order chi connectivity index (χ1) is 13.0. The predicted octanol–water partition coefficient (Wildman–Crippen LogP) is 3.64. The quantitative estimate of drug-likeness (QED) is 0.573. The molecule has 2 amide bonds. The Labute approximate surface area is 165 Å². The van der Waals surface area contributed by atoms with Crippen LogP contribution in [-0.2, 0) is 9.59 Å². The van der Waals surface area contributed by atoms with Crippen LogP contribution in [-0.4, -0.2) is 28.4 Å². The van der Waals surface area contributed by atoms with Gasteiger partial charge in [-0.3, -0.25) is 14.5 Å². The molecular formula is C19H15ClN4O2S. The van der Waals surface area contributed by atoms with E-state index in [4.69, 9.17) is 11.8 Å². The lowest BCUT2D eigenvalue weighted by Crippen LogP contribution is -2.30. The lowest BCUT2D eigenvalue weighted by atomic mass is 10.1. The number of carbonyl (C=O) groups is 2. The van der Waals surface area contributed by atoms with Gasteiger partial charge in [0.25, 0.3) is 5.91 Å². The van der Waals surface area contributed by atoms with Gasteiger partial charge in [0, 0.05) is 17.3 Å². The van der Waals surface area contributed by atoms with E-state index in [0.717, 1.165) is 21.2 Å². The van der Waals surface area contributed by atoms with Gasteiger partial charge in [0.05, 0.1) is 17.1 Å². The van der Waals surface area contributed by atoms with Crippen molar-refractivity contribution < 1.29 is 9.59 Å². The predicted molar refractivity (Wildman–Crippen MR) is 110 cm³/mol. The minimum absolute atomic E-state index is 0.0616. The Balaban J connectivity index is 1.77. The van der Waals surface area contributed by atoms with E-state index in [-0.39, 0.29) is 17.4 Å². The maximum Gasteiger partial charge on any atom is 0.294 e. The van der Waals surface area contributed by atoms with Gasteiger partial charge < -0.3 is 0 Å². The molecule has 2 aromatic rings. The highest BCUT2D eigenvalue weighted by molar-refractivity contribution is 8.15. The highest BCUT2D eigenvalue weighted by Gasteiger charge is 2.35. The van der Waals surface area contributed by atoms with Crippen molar-refractivity contribution in [3.05, 3.63) is 59.2 Å². The minimum Gasteiger partial charge on any atom is -0.273 e. The molecule has 2 aromatic carbocycles. The molecular weight excluding hydrogens is 384 g/mol. The van der Waals surface area contributed by atoms with Crippen LogP contribution < -0.4 is 9.32 Å². The molecule has 8 heteroatoms. The fourth-order valence-electron chi connectivity index (χ4n) is 3.17. The fraction of sp³-hybridized carbons (Fsp3) is 0.158. The molecule has 0 aromatic heterocycles. The van der Waals surface area contributed by atoms with Crippen LogP contribution in [0.1, 0.15) is 16.7 Å². The summed E-state index contributed by atoms with van der Waals surface area (Å²) in [5.41, 5.74) is 4.11. The summed E-state index contributed by atoms with van der Waals surface area (Å²) in [7, 11) is 0. The van der Waals surface area contributed by atoms with Crippen LogP contribution in [0.5, 0.6) is 0 Å². The van der Waals surface area contributed by atoms with Crippen LogP contribution in [0.15, 0.2) is 52.7 Å². The number of amidine groups is 1. The number of anilines is 2. The standard InChI is InChI=1S/C19H15ClN4O2S/c1-11-6-5-7-12(2)17(11)23-15(25)10-27-19(23)22-21-16-13-8-3-4-9-14(13)24(20)18(16)26/h3-9H,10H2,1-2H3. The van der Waals surface area contributed by atoms with E-state index in [1.54, 1.807) is 23.1 Å². The number of carbonyl (C=O) groups excluding carboxylic acids is 2. The van der Waals surface area contributed by atoms with E-state index >= 15 is 0 Å². The van der Waals surface area contributed by atoms with Gasteiger partial charge in [0.1, 0.15) is 0 Å². The fourth-order valence-corrected chi connectivity index (χ4v) is 4.20. The van der Waals surface area contributed by atoms with Crippen LogP contribution in [0.3, 0.4) is 0 Å². The molecule has 1 fully saturated rings. The summed E-state index contributed by atoms with van der Waals surface area (Å²) in [6.45, 7) is 3.90. The largest absolute Gasteiger partial charge is 0.294 e. The Morgan fingerprint density at radius 2 is 1.70 bits per heavy atom. The lowest BCUT2D eigenvalue weighted by molar-refractivity contribution is -0.115. The molecule has 2 aliphatic rings. The molecule has 0 radical (unpaired) electrons. The molecule has 0 saturated carbocycles. The third-order valence-electron chi connectivity index (χ3n) is 4.42. The van der Waals surface area contributed by atoms with E-state index in [2.05, 4.69) is 10.2 Å². The smallest absolute Gasteiger partial charge is 0.273 e. The number of benzene rings is 2. The Morgan fingerprint density at radius 3 is 2.44 bits per heavy atom. The number of aryl methyl sites for hydroxylation is 2. The first-order valence-electron chi connectivity index (χ1n) is 8.26. The maximum absolute atomic E-state index is 12.5. The Morgan fingerprint density at radius 1 is 1.00 bits per heavy atom. The normalized spacial score (nSPS) is 19.5. The van der Waals surface area contributed by atoms with Crippen molar-refractivity contribution in [2.75, 3.05) is 15.1 Å². The van der Waals surface area contributed by atoms with Crippen molar-refractivity contribution in [2.45, 2.75) is 13.8 Å². The average Bonchev–Trinajstić information content (AvgIpc) is 3.13. The zero-order valence-electron chi connectivity index (χ0n) is 14.6. The molecule has 0 unspecified atom stereocenters. The summed E-state index contributed by atoms with van der Waals surface area (Å²) in [5, 5.41) is 8.86. The second-order valence-electron chi connectivity index (χ2n) is 6.19. The summed E-state index contributed by atoms with van der Waals surface area (Å²) in [6.07, 6.45) is 0. The van der Waals surface area contributed by atoms with Gasteiger partial charge >= 0.3 is 0 Å². The SMILES string of the molecule is Cc1cccc(C)c1N1C(=O)CSC1=NN=C1C(=O)N(Cl)c2ccccc21. The minimum atomic E-state index is -0.435. The topological polar surface area (TPSA) is 65.3 Å². The third-order valence-corrected chi connectivity index (χ3v) is 5.66. The average molecular weight is 399 g/mol. The summed E-state index contributed by atoms with van der Waals surface area (Å²) in [4.78, 5) is 26.5. The molecule has 4 rings (SSSR count). The molecule has 136 valence electrons. The molecule has 2 aliphatic heterocycles. The number of halogens is 1. The van der Waals surface area contributed by atoms with Crippen molar-refractivity contribution in [3.63, 3.8) is 0 Å². The highest BCUT2D eigenvalue weighted by atomic mass is 35.5.